The molecule has 120 valence electrons. The van der Waals surface area contributed by atoms with Gasteiger partial charge in [0.1, 0.15) is 11.6 Å². The zero-order valence-corrected chi connectivity index (χ0v) is 12.2. The van der Waals surface area contributed by atoms with Crippen molar-refractivity contribution in [2.24, 2.45) is 5.41 Å². The fraction of sp³-hybridized carbons (Fsp3) is 0.500. The minimum Gasteiger partial charge on any atom is -0.481 e. The van der Waals surface area contributed by atoms with Gasteiger partial charge in [0, 0.05) is 12.5 Å². The third-order valence-corrected chi connectivity index (χ3v) is 4.18. The Balaban J connectivity index is 2.07. The summed E-state index contributed by atoms with van der Waals surface area (Å²) in [6.45, 7) is 0. The average Bonchev–Trinajstić information content (AvgIpc) is 2.42. The molecule has 1 saturated carbocycles. The van der Waals surface area contributed by atoms with E-state index in [9.17, 15) is 18.4 Å². The predicted molar refractivity (Wildman–Crippen MR) is 77.4 cm³/mol. The molecule has 1 amide bonds. The van der Waals surface area contributed by atoms with Crippen LogP contribution in [0.4, 0.5) is 14.5 Å². The number of anilines is 1. The van der Waals surface area contributed by atoms with E-state index in [4.69, 9.17) is 5.11 Å². The van der Waals surface area contributed by atoms with Crippen molar-refractivity contribution >= 4 is 17.6 Å². The topological polar surface area (TPSA) is 66.4 Å². The lowest BCUT2D eigenvalue weighted by Gasteiger charge is -2.35. The molecule has 0 heterocycles. The minimum absolute atomic E-state index is 0.00918. The van der Waals surface area contributed by atoms with Crippen molar-refractivity contribution in [1.29, 1.82) is 0 Å². The molecule has 0 saturated heterocycles. The number of nitrogens with one attached hydrogen (secondary N) is 1. The monoisotopic (exact) mass is 311 g/mol. The molecule has 0 atom stereocenters. The van der Waals surface area contributed by atoms with E-state index in [1.165, 1.54) is 0 Å². The van der Waals surface area contributed by atoms with E-state index in [1.807, 2.05) is 0 Å². The van der Waals surface area contributed by atoms with Gasteiger partial charge in [0.25, 0.3) is 0 Å². The summed E-state index contributed by atoms with van der Waals surface area (Å²) in [7, 11) is 0. The van der Waals surface area contributed by atoms with E-state index in [1.54, 1.807) is 0 Å². The zero-order valence-electron chi connectivity index (χ0n) is 12.2. The number of amides is 1. The normalized spacial score (nSPS) is 17.0. The number of carboxylic acid groups (broad SMARTS) is 1. The van der Waals surface area contributed by atoms with Crippen molar-refractivity contribution in [2.45, 2.75) is 44.9 Å². The van der Waals surface area contributed by atoms with Crippen LogP contribution in [-0.2, 0) is 9.59 Å². The molecule has 0 aromatic heterocycles. The van der Waals surface area contributed by atoms with Gasteiger partial charge in [-0.25, -0.2) is 8.78 Å². The maximum absolute atomic E-state index is 13.5. The highest BCUT2D eigenvalue weighted by Crippen LogP contribution is 2.42. The van der Waals surface area contributed by atoms with Gasteiger partial charge >= 0.3 is 5.97 Å². The Morgan fingerprint density at radius 1 is 1.14 bits per heavy atom. The summed E-state index contributed by atoms with van der Waals surface area (Å²) in [6, 6.07) is 2.83. The standard InChI is InChI=1S/C16H19F2NO3/c17-11-4-5-12(18)13(8-11)19-14(20)9-16(10-15(21)22)6-2-1-3-7-16/h4-5,8H,1-3,6-7,9-10H2,(H,19,20)(H,21,22). The number of hydrogen-bond donors (Lipinski definition) is 2. The van der Waals surface area contributed by atoms with Crippen LogP contribution >= 0.6 is 0 Å². The van der Waals surface area contributed by atoms with Gasteiger partial charge in [-0.2, -0.15) is 0 Å². The fourth-order valence-electron chi connectivity index (χ4n) is 3.17. The van der Waals surface area contributed by atoms with Crippen LogP contribution in [0.25, 0.3) is 0 Å². The third kappa shape index (κ3) is 4.26. The second-order valence-electron chi connectivity index (χ2n) is 5.98. The number of aliphatic carboxylic acids is 1. The molecule has 22 heavy (non-hydrogen) atoms. The molecular formula is C16H19F2NO3. The summed E-state index contributed by atoms with van der Waals surface area (Å²) in [5, 5.41) is 11.4. The first kappa shape index (κ1) is 16.4. The molecular weight excluding hydrogens is 292 g/mol. The lowest BCUT2D eigenvalue weighted by Crippen LogP contribution is -2.32. The summed E-state index contributed by atoms with van der Waals surface area (Å²) < 4.78 is 26.6. The molecule has 0 bridgehead atoms. The minimum atomic E-state index is -0.938. The van der Waals surface area contributed by atoms with Crippen molar-refractivity contribution in [3.63, 3.8) is 0 Å². The molecule has 1 aromatic rings. The third-order valence-electron chi connectivity index (χ3n) is 4.18. The molecule has 1 aliphatic carbocycles. The molecule has 0 aliphatic heterocycles. The second kappa shape index (κ2) is 6.85. The first-order valence-electron chi connectivity index (χ1n) is 7.37. The molecule has 0 radical (unpaired) electrons. The van der Waals surface area contributed by atoms with Crippen LogP contribution in [0.1, 0.15) is 44.9 Å². The highest BCUT2D eigenvalue weighted by atomic mass is 19.1. The Morgan fingerprint density at radius 3 is 2.45 bits per heavy atom. The van der Waals surface area contributed by atoms with Crippen molar-refractivity contribution in [1.82, 2.24) is 0 Å². The first-order valence-corrected chi connectivity index (χ1v) is 7.37. The summed E-state index contributed by atoms with van der Waals surface area (Å²) in [5.41, 5.74) is -0.802. The van der Waals surface area contributed by atoms with E-state index in [2.05, 4.69) is 5.32 Å². The van der Waals surface area contributed by atoms with Crippen LogP contribution in [0, 0.1) is 17.0 Å². The van der Waals surface area contributed by atoms with Crippen molar-refractivity contribution < 1.29 is 23.5 Å². The van der Waals surface area contributed by atoms with Gasteiger partial charge in [-0.15, -0.1) is 0 Å². The smallest absolute Gasteiger partial charge is 0.303 e. The number of carbonyl (C=O) groups excluding carboxylic acids is 1. The van der Waals surface area contributed by atoms with E-state index in [0.717, 1.165) is 37.5 Å². The summed E-state index contributed by atoms with van der Waals surface area (Å²) in [5.74, 6) is -2.78. The van der Waals surface area contributed by atoms with E-state index < -0.39 is 28.9 Å². The number of rotatable bonds is 5. The maximum atomic E-state index is 13.5. The highest BCUT2D eigenvalue weighted by molar-refractivity contribution is 5.91. The van der Waals surface area contributed by atoms with Gasteiger partial charge < -0.3 is 10.4 Å². The van der Waals surface area contributed by atoms with Crippen LogP contribution in [0.15, 0.2) is 18.2 Å². The first-order chi connectivity index (χ1) is 10.4. The molecule has 6 heteroatoms. The van der Waals surface area contributed by atoms with Gasteiger partial charge in [-0.3, -0.25) is 9.59 Å². The van der Waals surface area contributed by atoms with Gasteiger partial charge in [-0.05, 0) is 30.4 Å². The average molecular weight is 311 g/mol. The molecule has 2 N–H and O–H groups in total. The number of benzene rings is 1. The van der Waals surface area contributed by atoms with Crippen LogP contribution in [-0.4, -0.2) is 17.0 Å². The molecule has 2 rings (SSSR count). The van der Waals surface area contributed by atoms with Crippen molar-refractivity contribution in [3.8, 4) is 0 Å². The molecule has 1 fully saturated rings. The van der Waals surface area contributed by atoms with Crippen molar-refractivity contribution in [2.75, 3.05) is 5.32 Å². The molecule has 0 unspecified atom stereocenters. The fourth-order valence-corrected chi connectivity index (χ4v) is 3.17. The quantitative estimate of drug-likeness (QED) is 0.871. The Morgan fingerprint density at radius 2 is 1.82 bits per heavy atom. The highest BCUT2D eigenvalue weighted by Gasteiger charge is 2.36. The summed E-state index contributed by atoms with van der Waals surface area (Å²) in [6.07, 6.45) is 4.06. The van der Waals surface area contributed by atoms with Crippen LogP contribution in [0.2, 0.25) is 0 Å². The molecule has 4 nitrogen and oxygen atoms in total. The Kier molecular flexibility index (Phi) is 5.11. The predicted octanol–water partition coefficient (Wildman–Crippen LogP) is 3.72. The van der Waals surface area contributed by atoms with Crippen LogP contribution in [0.3, 0.4) is 0 Å². The van der Waals surface area contributed by atoms with Gasteiger partial charge in [0.05, 0.1) is 12.1 Å². The largest absolute Gasteiger partial charge is 0.481 e. The molecule has 0 spiro atoms. The van der Waals surface area contributed by atoms with E-state index >= 15 is 0 Å². The summed E-state index contributed by atoms with van der Waals surface area (Å²) >= 11 is 0. The summed E-state index contributed by atoms with van der Waals surface area (Å²) in [4.78, 5) is 23.2. The Hall–Kier alpha value is -1.98. The lowest BCUT2D eigenvalue weighted by molar-refractivity contribution is -0.140. The maximum Gasteiger partial charge on any atom is 0.303 e. The lowest BCUT2D eigenvalue weighted by atomic mass is 9.69. The zero-order chi connectivity index (χ0) is 16.2. The van der Waals surface area contributed by atoms with Gasteiger partial charge in [0.2, 0.25) is 5.91 Å². The SMILES string of the molecule is O=C(O)CC1(CC(=O)Nc2cc(F)ccc2F)CCCCC1. The van der Waals surface area contributed by atoms with E-state index in [0.29, 0.717) is 12.8 Å². The molecule has 1 aliphatic rings. The van der Waals surface area contributed by atoms with Gasteiger partial charge in [-0.1, -0.05) is 19.3 Å². The molecule has 1 aromatic carbocycles. The number of halogens is 2. The van der Waals surface area contributed by atoms with Crippen LogP contribution < -0.4 is 5.32 Å². The second-order valence-corrected chi connectivity index (χ2v) is 5.98. The number of carboxylic acids is 1. The van der Waals surface area contributed by atoms with Gasteiger partial charge in [0.15, 0.2) is 0 Å². The number of carbonyl (C=O) groups is 2. The number of hydrogen-bond acceptors (Lipinski definition) is 2. The van der Waals surface area contributed by atoms with Crippen LogP contribution in [0.5, 0.6) is 0 Å². The van der Waals surface area contributed by atoms with E-state index in [-0.39, 0.29) is 18.5 Å². The van der Waals surface area contributed by atoms with Crippen molar-refractivity contribution in [3.05, 3.63) is 29.8 Å². The Labute approximate surface area is 127 Å². The Bertz CT molecular complexity index is 569.